The van der Waals surface area contributed by atoms with Gasteiger partial charge in [0.05, 0.1) is 11.3 Å². The molecule has 0 aromatic heterocycles. The van der Waals surface area contributed by atoms with E-state index in [4.69, 9.17) is 0 Å². The van der Waals surface area contributed by atoms with Crippen LogP contribution in [0.5, 0.6) is 0 Å². The summed E-state index contributed by atoms with van der Waals surface area (Å²) in [6.45, 7) is 0.578. The van der Waals surface area contributed by atoms with Crippen molar-refractivity contribution in [1.29, 1.82) is 0 Å². The normalized spacial score (nSPS) is 10.2. The maximum Gasteiger partial charge on any atom is 0.255 e. The lowest BCUT2D eigenvalue weighted by molar-refractivity contribution is 0.0954. The molecule has 0 aliphatic heterocycles. The van der Waals surface area contributed by atoms with Gasteiger partial charge in [0.2, 0.25) is 0 Å². The minimum absolute atomic E-state index is 0.188. The molecule has 4 heteroatoms. The summed E-state index contributed by atoms with van der Waals surface area (Å²) < 4.78 is 0. The van der Waals surface area contributed by atoms with Gasteiger partial charge >= 0.3 is 0 Å². The molecule has 0 fully saturated rings. The van der Waals surface area contributed by atoms with Crippen LogP contribution in [-0.4, -0.2) is 18.4 Å². The first-order valence-corrected chi connectivity index (χ1v) is 9.01. The minimum Gasteiger partial charge on any atom is -0.352 e. The molecule has 0 unspecified atom stereocenters. The van der Waals surface area contributed by atoms with Gasteiger partial charge in [-0.15, -0.1) is 0 Å². The zero-order valence-electron chi connectivity index (χ0n) is 15.0. The van der Waals surface area contributed by atoms with E-state index in [1.807, 2.05) is 24.3 Å². The Morgan fingerprint density at radius 3 is 2.07 bits per heavy atom. The highest BCUT2D eigenvalue weighted by Crippen LogP contribution is 2.16. The SMILES string of the molecule is O=C(Nc1ccccc1C(=O)NCCCc1ccccc1)c1ccccc1. The van der Waals surface area contributed by atoms with Crippen LogP contribution in [0.3, 0.4) is 0 Å². The molecule has 3 aromatic carbocycles. The first-order valence-electron chi connectivity index (χ1n) is 9.01. The van der Waals surface area contributed by atoms with Crippen LogP contribution in [-0.2, 0) is 6.42 Å². The third-order valence-corrected chi connectivity index (χ3v) is 4.23. The second-order valence-corrected chi connectivity index (χ2v) is 6.21. The van der Waals surface area contributed by atoms with E-state index in [2.05, 4.69) is 22.8 Å². The lowest BCUT2D eigenvalue weighted by Crippen LogP contribution is -2.26. The van der Waals surface area contributed by atoms with Gasteiger partial charge in [-0.25, -0.2) is 0 Å². The van der Waals surface area contributed by atoms with E-state index < -0.39 is 0 Å². The Labute approximate surface area is 159 Å². The molecule has 0 radical (unpaired) electrons. The summed E-state index contributed by atoms with van der Waals surface area (Å²) in [4.78, 5) is 24.9. The van der Waals surface area contributed by atoms with Crippen molar-refractivity contribution in [2.24, 2.45) is 0 Å². The molecule has 27 heavy (non-hydrogen) atoms. The molecule has 4 nitrogen and oxygen atoms in total. The predicted molar refractivity (Wildman–Crippen MR) is 108 cm³/mol. The summed E-state index contributed by atoms with van der Waals surface area (Å²) >= 11 is 0. The Hall–Kier alpha value is -3.40. The first-order chi connectivity index (χ1) is 13.2. The van der Waals surface area contributed by atoms with E-state index in [1.165, 1.54) is 5.56 Å². The molecule has 0 aliphatic carbocycles. The van der Waals surface area contributed by atoms with Crippen LogP contribution < -0.4 is 10.6 Å². The van der Waals surface area contributed by atoms with Crippen LogP contribution in [0, 0.1) is 0 Å². The van der Waals surface area contributed by atoms with Gasteiger partial charge in [-0.3, -0.25) is 9.59 Å². The van der Waals surface area contributed by atoms with E-state index in [9.17, 15) is 9.59 Å². The zero-order valence-corrected chi connectivity index (χ0v) is 15.0. The number of carbonyl (C=O) groups excluding carboxylic acids is 2. The molecule has 0 spiro atoms. The van der Waals surface area contributed by atoms with E-state index in [1.54, 1.807) is 48.5 Å². The number of carbonyl (C=O) groups is 2. The fourth-order valence-electron chi connectivity index (χ4n) is 2.81. The van der Waals surface area contributed by atoms with Gasteiger partial charge in [-0.05, 0) is 42.7 Å². The Balaban J connectivity index is 1.58. The van der Waals surface area contributed by atoms with Crippen LogP contribution in [0.15, 0.2) is 84.9 Å². The van der Waals surface area contributed by atoms with Crippen molar-refractivity contribution < 1.29 is 9.59 Å². The lowest BCUT2D eigenvalue weighted by Gasteiger charge is -2.11. The van der Waals surface area contributed by atoms with Gasteiger partial charge in [0.15, 0.2) is 0 Å². The van der Waals surface area contributed by atoms with Crippen molar-refractivity contribution in [3.63, 3.8) is 0 Å². The molecule has 2 amide bonds. The van der Waals surface area contributed by atoms with Crippen molar-refractivity contribution >= 4 is 17.5 Å². The molecule has 0 saturated carbocycles. The molecular formula is C23H22N2O2. The smallest absolute Gasteiger partial charge is 0.255 e. The standard InChI is InChI=1S/C23H22N2O2/c26-22(19-13-5-2-6-14-19)25-21-16-8-7-15-20(21)23(27)24-17-9-12-18-10-3-1-4-11-18/h1-8,10-11,13-16H,9,12,17H2,(H,24,27)(H,25,26). The number of aryl methyl sites for hydroxylation is 1. The fourth-order valence-corrected chi connectivity index (χ4v) is 2.81. The van der Waals surface area contributed by atoms with Crippen molar-refractivity contribution in [1.82, 2.24) is 5.32 Å². The molecule has 3 rings (SSSR count). The van der Waals surface area contributed by atoms with Gasteiger partial charge in [-0.1, -0.05) is 60.7 Å². The summed E-state index contributed by atoms with van der Waals surface area (Å²) in [5.74, 6) is -0.424. The number of rotatable bonds is 7. The highest BCUT2D eigenvalue weighted by atomic mass is 16.2. The Bertz CT molecular complexity index is 893. The van der Waals surface area contributed by atoms with Gasteiger partial charge in [-0.2, -0.15) is 0 Å². The summed E-state index contributed by atoms with van der Waals surface area (Å²) in [6, 6.07) is 26.2. The second kappa shape index (κ2) is 9.34. The molecular weight excluding hydrogens is 336 g/mol. The summed E-state index contributed by atoms with van der Waals surface area (Å²) in [5.41, 5.74) is 2.77. The number of anilines is 1. The van der Waals surface area contributed by atoms with E-state index in [0.29, 0.717) is 23.4 Å². The van der Waals surface area contributed by atoms with Crippen LogP contribution >= 0.6 is 0 Å². The van der Waals surface area contributed by atoms with Gasteiger partial charge in [0.1, 0.15) is 0 Å². The molecule has 2 N–H and O–H groups in total. The number of amides is 2. The topological polar surface area (TPSA) is 58.2 Å². The Morgan fingerprint density at radius 2 is 1.33 bits per heavy atom. The Morgan fingerprint density at radius 1 is 0.704 bits per heavy atom. The summed E-state index contributed by atoms with van der Waals surface area (Å²) in [5, 5.41) is 5.76. The highest BCUT2D eigenvalue weighted by molar-refractivity contribution is 6.08. The Kier molecular flexibility index (Phi) is 6.36. The van der Waals surface area contributed by atoms with Crippen molar-refractivity contribution in [2.45, 2.75) is 12.8 Å². The number of para-hydroxylation sites is 1. The maximum absolute atomic E-state index is 12.5. The van der Waals surface area contributed by atoms with Gasteiger partial charge in [0.25, 0.3) is 11.8 Å². The number of benzene rings is 3. The largest absolute Gasteiger partial charge is 0.352 e. The highest BCUT2D eigenvalue weighted by Gasteiger charge is 2.13. The van der Waals surface area contributed by atoms with Crippen LogP contribution in [0.2, 0.25) is 0 Å². The van der Waals surface area contributed by atoms with Crippen molar-refractivity contribution in [2.75, 3.05) is 11.9 Å². The molecule has 0 bridgehead atoms. The van der Waals surface area contributed by atoms with Crippen LogP contribution in [0.25, 0.3) is 0 Å². The monoisotopic (exact) mass is 358 g/mol. The lowest BCUT2D eigenvalue weighted by atomic mass is 10.1. The molecule has 0 saturated heterocycles. The van der Waals surface area contributed by atoms with Crippen LogP contribution in [0.4, 0.5) is 5.69 Å². The van der Waals surface area contributed by atoms with E-state index in [-0.39, 0.29) is 11.8 Å². The first kappa shape index (κ1) is 18.4. The number of nitrogens with one attached hydrogen (secondary N) is 2. The third-order valence-electron chi connectivity index (χ3n) is 4.23. The van der Waals surface area contributed by atoms with Gasteiger partial charge in [0, 0.05) is 12.1 Å². The maximum atomic E-state index is 12.5. The van der Waals surface area contributed by atoms with Crippen molar-refractivity contribution in [3.05, 3.63) is 102 Å². The van der Waals surface area contributed by atoms with E-state index >= 15 is 0 Å². The summed E-state index contributed by atoms with van der Waals surface area (Å²) in [7, 11) is 0. The molecule has 0 heterocycles. The average molecular weight is 358 g/mol. The molecule has 0 aliphatic rings. The molecule has 0 atom stereocenters. The quantitative estimate of drug-likeness (QED) is 0.619. The van der Waals surface area contributed by atoms with Gasteiger partial charge < -0.3 is 10.6 Å². The van der Waals surface area contributed by atoms with Crippen LogP contribution in [0.1, 0.15) is 32.7 Å². The van der Waals surface area contributed by atoms with Crippen molar-refractivity contribution in [3.8, 4) is 0 Å². The average Bonchev–Trinajstić information content (AvgIpc) is 2.73. The zero-order chi connectivity index (χ0) is 18.9. The number of hydrogen-bond donors (Lipinski definition) is 2. The third kappa shape index (κ3) is 5.28. The predicted octanol–water partition coefficient (Wildman–Crippen LogP) is 4.30. The fraction of sp³-hybridized carbons (Fsp3) is 0.130. The second-order valence-electron chi connectivity index (χ2n) is 6.21. The minimum atomic E-state index is -0.236. The van der Waals surface area contributed by atoms with E-state index in [0.717, 1.165) is 12.8 Å². The number of hydrogen-bond acceptors (Lipinski definition) is 2. The summed E-state index contributed by atoms with van der Waals surface area (Å²) in [6.07, 6.45) is 1.77. The molecule has 3 aromatic rings. The molecule has 136 valence electrons.